The van der Waals surface area contributed by atoms with Crippen LogP contribution in [0.3, 0.4) is 0 Å². The van der Waals surface area contributed by atoms with Gasteiger partial charge in [-0.2, -0.15) is 0 Å². The van der Waals surface area contributed by atoms with Gasteiger partial charge in [0, 0.05) is 38.9 Å². The van der Waals surface area contributed by atoms with E-state index in [1.165, 1.54) is 4.57 Å². The highest BCUT2D eigenvalue weighted by atomic mass is 16.5. The average Bonchev–Trinajstić information content (AvgIpc) is 3.38. The van der Waals surface area contributed by atoms with Crippen LogP contribution in [0.4, 0.5) is 5.82 Å². The predicted molar refractivity (Wildman–Crippen MR) is 108 cm³/mol. The summed E-state index contributed by atoms with van der Waals surface area (Å²) in [7, 11) is 3.25. The fourth-order valence-electron chi connectivity index (χ4n) is 2.58. The lowest BCUT2D eigenvalue weighted by Crippen LogP contribution is -2.18. The number of nitrogens with one attached hydrogen (secondary N) is 2. The molecule has 0 spiro atoms. The summed E-state index contributed by atoms with van der Waals surface area (Å²) in [6.07, 6.45) is 5.41. The van der Waals surface area contributed by atoms with Crippen LogP contribution in [0.2, 0.25) is 0 Å². The van der Waals surface area contributed by atoms with E-state index >= 15 is 0 Å². The van der Waals surface area contributed by atoms with Crippen molar-refractivity contribution in [3.63, 3.8) is 0 Å². The summed E-state index contributed by atoms with van der Waals surface area (Å²) >= 11 is 0. The average molecular weight is 412 g/mol. The number of carbonyl (C=O) groups is 1. The highest BCUT2D eigenvalue weighted by Crippen LogP contribution is 2.19. The molecule has 0 unspecified atom stereocenters. The van der Waals surface area contributed by atoms with E-state index in [2.05, 4.69) is 34.6 Å². The van der Waals surface area contributed by atoms with Crippen molar-refractivity contribution >= 4 is 23.3 Å². The lowest BCUT2D eigenvalue weighted by Gasteiger charge is -2.06. The molecule has 4 rings (SSSR count). The Morgan fingerprint density at radius 2 is 2.03 bits per heavy atom. The Balaban J connectivity index is 0.000000806. The molecule has 0 amide bonds. The Morgan fingerprint density at radius 3 is 2.67 bits per heavy atom. The summed E-state index contributed by atoms with van der Waals surface area (Å²) in [6, 6.07) is 3.37. The van der Waals surface area contributed by atoms with Gasteiger partial charge in [-0.15, -0.1) is 0 Å². The molecule has 0 bridgehead atoms. The molecule has 0 radical (unpaired) electrons. The van der Waals surface area contributed by atoms with Crippen molar-refractivity contribution in [3.05, 3.63) is 46.8 Å². The second-order valence-electron chi connectivity index (χ2n) is 5.98. The first kappa shape index (κ1) is 20.7. The van der Waals surface area contributed by atoms with Crippen molar-refractivity contribution in [2.75, 3.05) is 26.6 Å². The van der Waals surface area contributed by atoms with Crippen LogP contribution < -0.4 is 16.2 Å². The molecule has 0 atom stereocenters. The van der Waals surface area contributed by atoms with Gasteiger partial charge in [0.1, 0.15) is 12.1 Å². The number of aromatic amines is 2. The SMILES string of the molecule is COC.Nc1nc(-c2ncc[nH]2)nc2c1[nH]c(=O)n2Cc1ccc(OCC=O)nc1. The molecule has 12 nitrogen and oxygen atoms in total. The standard InChI is InChI=1S/C16H14N8O3.C2H6O/c17-12-11-15(23-14(22-12)13-18-3-4-19-13)24(16(26)21-11)8-9-1-2-10(20-7-9)27-6-5-25;1-3-2/h1-5,7H,6,8H2,(H,18,19)(H,21,26)(H2,17,22,23);1-2H3. The van der Waals surface area contributed by atoms with Gasteiger partial charge in [-0.1, -0.05) is 6.07 Å². The Morgan fingerprint density at radius 1 is 1.23 bits per heavy atom. The zero-order valence-corrected chi connectivity index (χ0v) is 16.3. The maximum absolute atomic E-state index is 12.4. The molecule has 4 aromatic rings. The largest absolute Gasteiger partial charge is 0.470 e. The number of ether oxygens (including phenoxy) is 2. The molecular formula is C18H20N8O4. The number of H-pyrrole nitrogens is 2. The minimum Gasteiger partial charge on any atom is -0.470 e. The number of aromatic nitrogens is 7. The lowest BCUT2D eigenvalue weighted by atomic mass is 10.3. The van der Waals surface area contributed by atoms with E-state index in [0.717, 1.165) is 5.56 Å². The Hall–Kier alpha value is -4.06. The summed E-state index contributed by atoms with van der Waals surface area (Å²) in [4.78, 5) is 45.1. The van der Waals surface area contributed by atoms with E-state index in [-0.39, 0.29) is 30.5 Å². The van der Waals surface area contributed by atoms with Gasteiger partial charge in [-0.25, -0.2) is 24.7 Å². The molecule has 0 aliphatic carbocycles. The van der Waals surface area contributed by atoms with Crippen molar-refractivity contribution in [3.8, 4) is 17.5 Å². The summed E-state index contributed by atoms with van der Waals surface area (Å²) < 4.78 is 10.8. The third-order valence-electron chi connectivity index (χ3n) is 3.80. The van der Waals surface area contributed by atoms with Crippen molar-refractivity contribution in [1.82, 2.24) is 34.5 Å². The minimum atomic E-state index is -0.371. The number of pyridine rings is 1. The molecule has 4 N–H and O–H groups in total. The van der Waals surface area contributed by atoms with Crippen LogP contribution in [0.15, 0.2) is 35.5 Å². The number of hydrogen-bond acceptors (Lipinski definition) is 9. The number of rotatable bonds is 6. The molecule has 30 heavy (non-hydrogen) atoms. The van der Waals surface area contributed by atoms with E-state index in [4.69, 9.17) is 10.5 Å². The van der Waals surface area contributed by atoms with Crippen LogP contribution >= 0.6 is 0 Å². The predicted octanol–water partition coefficient (Wildman–Crippen LogP) is 0.376. The number of nitrogens with two attached hydrogens (primary N) is 1. The van der Waals surface area contributed by atoms with Crippen molar-refractivity contribution in [1.29, 1.82) is 0 Å². The zero-order valence-electron chi connectivity index (χ0n) is 16.3. The Kier molecular flexibility index (Phi) is 6.49. The van der Waals surface area contributed by atoms with E-state index in [0.29, 0.717) is 29.2 Å². The van der Waals surface area contributed by atoms with Crippen LogP contribution in [0.1, 0.15) is 5.56 Å². The maximum atomic E-state index is 12.4. The van der Waals surface area contributed by atoms with Crippen LogP contribution in [-0.4, -0.2) is 61.6 Å². The number of aldehydes is 1. The summed E-state index contributed by atoms with van der Waals surface area (Å²) in [5, 5.41) is 0. The first-order valence-electron chi connectivity index (χ1n) is 8.74. The van der Waals surface area contributed by atoms with Gasteiger partial charge < -0.3 is 25.2 Å². The van der Waals surface area contributed by atoms with Crippen molar-refractivity contribution in [2.24, 2.45) is 0 Å². The highest BCUT2D eigenvalue weighted by Gasteiger charge is 2.16. The number of hydrogen-bond donors (Lipinski definition) is 3. The third-order valence-corrected chi connectivity index (χ3v) is 3.80. The van der Waals surface area contributed by atoms with Gasteiger partial charge in [-0.3, -0.25) is 9.36 Å². The Bertz CT molecular complexity index is 1170. The monoisotopic (exact) mass is 412 g/mol. The molecular weight excluding hydrogens is 392 g/mol. The quantitative estimate of drug-likeness (QED) is 0.379. The summed E-state index contributed by atoms with van der Waals surface area (Å²) in [6.45, 7) is 0.147. The highest BCUT2D eigenvalue weighted by molar-refractivity contribution is 5.83. The van der Waals surface area contributed by atoms with Crippen LogP contribution in [-0.2, 0) is 16.1 Å². The molecule has 0 fully saturated rings. The van der Waals surface area contributed by atoms with Gasteiger partial charge in [0.15, 0.2) is 29.4 Å². The van der Waals surface area contributed by atoms with E-state index < -0.39 is 0 Å². The number of carbonyl (C=O) groups excluding carboxylic acids is 1. The summed E-state index contributed by atoms with van der Waals surface area (Å²) in [5.41, 5.74) is 7.06. The smallest absolute Gasteiger partial charge is 0.328 e. The maximum Gasteiger partial charge on any atom is 0.328 e. The van der Waals surface area contributed by atoms with Gasteiger partial charge in [0.25, 0.3) is 0 Å². The third kappa shape index (κ3) is 4.50. The zero-order chi connectivity index (χ0) is 21.5. The molecule has 0 aromatic carbocycles. The van der Waals surface area contributed by atoms with E-state index in [9.17, 15) is 9.59 Å². The van der Waals surface area contributed by atoms with Gasteiger partial charge in [-0.05, 0) is 5.56 Å². The molecule has 0 saturated heterocycles. The summed E-state index contributed by atoms with van der Waals surface area (Å²) in [5.74, 6) is 1.21. The van der Waals surface area contributed by atoms with Crippen LogP contribution in [0.5, 0.6) is 5.88 Å². The fraction of sp³-hybridized carbons (Fsp3) is 0.222. The minimum absolute atomic E-state index is 0.0694. The number of nitrogen functional groups attached to an aromatic ring is 1. The fourth-order valence-corrected chi connectivity index (χ4v) is 2.58. The number of nitrogens with zero attached hydrogens (tertiary/aromatic N) is 5. The van der Waals surface area contributed by atoms with E-state index in [1.54, 1.807) is 44.9 Å². The normalized spacial score (nSPS) is 10.5. The van der Waals surface area contributed by atoms with Gasteiger partial charge >= 0.3 is 5.69 Å². The number of anilines is 1. The van der Waals surface area contributed by atoms with Crippen LogP contribution in [0, 0.1) is 0 Å². The number of fused-ring (bicyclic) bond motifs is 1. The molecule has 156 valence electrons. The molecule has 4 aromatic heterocycles. The molecule has 0 aliphatic heterocycles. The topological polar surface area (TPSA) is 167 Å². The van der Waals surface area contributed by atoms with Crippen molar-refractivity contribution < 1.29 is 14.3 Å². The van der Waals surface area contributed by atoms with Gasteiger partial charge in [0.2, 0.25) is 5.88 Å². The number of imidazole rings is 2. The van der Waals surface area contributed by atoms with Gasteiger partial charge in [0.05, 0.1) is 6.54 Å². The number of methoxy groups -OCH3 is 1. The molecule has 0 aliphatic rings. The van der Waals surface area contributed by atoms with Crippen molar-refractivity contribution in [2.45, 2.75) is 6.54 Å². The second-order valence-corrected chi connectivity index (χ2v) is 5.98. The second kappa shape index (κ2) is 9.43. The molecule has 4 heterocycles. The Labute approximate surface area is 170 Å². The first-order valence-corrected chi connectivity index (χ1v) is 8.74. The molecule has 0 saturated carbocycles. The van der Waals surface area contributed by atoms with Crippen LogP contribution in [0.25, 0.3) is 22.8 Å². The first-order chi connectivity index (χ1) is 14.6. The molecule has 12 heteroatoms. The lowest BCUT2D eigenvalue weighted by molar-refractivity contribution is -0.109. The van der Waals surface area contributed by atoms with E-state index in [1.807, 2.05) is 0 Å².